The lowest BCUT2D eigenvalue weighted by Crippen LogP contribution is -2.08. The van der Waals surface area contributed by atoms with Crippen molar-refractivity contribution in [1.29, 1.82) is 0 Å². The molecule has 0 aliphatic carbocycles. The first kappa shape index (κ1) is 15.3. The van der Waals surface area contributed by atoms with Crippen LogP contribution >= 0.6 is 15.9 Å². The Labute approximate surface area is 132 Å². The van der Waals surface area contributed by atoms with E-state index in [1.165, 1.54) is 0 Å². The highest BCUT2D eigenvalue weighted by atomic mass is 79.9. The number of halogens is 1. The molecule has 0 aromatic heterocycles. The van der Waals surface area contributed by atoms with Gasteiger partial charge >= 0.3 is 5.97 Å². The van der Waals surface area contributed by atoms with Crippen LogP contribution in [0.4, 0.5) is 5.69 Å². The Morgan fingerprint density at radius 2 is 1.95 bits per heavy atom. The SMILES string of the molecule is Nc1cc(CBr)ccc1C(=O)OC/C=C/c1ccccc1. The lowest BCUT2D eigenvalue weighted by atomic mass is 10.1. The van der Waals surface area contributed by atoms with Gasteiger partial charge in [-0.2, -0.15) is 0 Å². The van der Waals surface area contributed by atoms with Crippen LogP contribution in [0.1, 0.15) is 21.5 Å². The van der Waals surface area contributed by atoms with E-state index in [1.54, 1.807) is 18.2 Å². The predicted molar refractivity (Wildman–Crippen MR) is 89.2 cm³/mol. The zero-order valence-corrected chi connectivity index (χ0v) is 13.0. The number of anilines is 1. The first-order valence-electron chi connectivity index (χ1n) is 6.54. The first-order valence-corrected chi connectivity index (χ1v) is 7.66. The van der Waals surface area contributed by atoms with E-state index >= 15 is 0 Å². The summed E-state index contributed by atoms with van der Waals surface area (Å²) < 4.78 is 5.19. The molecule has 2 aromatic rings. The minimum Gasteiger partial charge on any atom is -0.458 e. The fraction of sp³-hybridized carbons (Fsp3) is 0.118. The van der Waals surface area contributed by atoms with Crippen LogP contribution in [-0.4, -0.2) is 12.6 Å². The summed E-state index contributed by atoms with van der Waals surface area (Å²) in [5, 5.41) is 0.701. The Hall–Kier alpha value is -2.07. The number of alkyl halides is 1. The number of rotatable bonds is 5. The van der Waals surface area contributed by atoms with Crippen LogP contribution in [0.2, 0.25) is 0 Å². The Balaban J connectivity index is 1.92. The third-order valence-electron chi connectivity index (χ3n) is 2.91. The topological polar surface area (TPSA) is 52.3 Å². The molecule has 0 aliphatic rings. The summed E-state index contributed by atoms with van der Waals surface area (Å²) >= 11 is 3.35. The molecule has 108 valence electrons. The first-order chi connectivity index (χ1) is 10.2. The van der Waals surface area contributed by atoms with Crippen molar-refractivity contribution in [2.75, 3.05) is 12.3 Å². The molecular formula is C17H16BrNO2. The molecule has 0 heterocycles. The molecule has 2 rings (SSSR count). The molecule has 0 spiro atoms. The zero-order chi connectivity index (χ0) is 15.1. The second-order valence-electron chi connectivity index (χ2n) is 4.47. The Kier molecular flexibility index (Phi) is 5.58. The monoisotopic (exact) mass is 345 g/mol. The average molecular weight is 346 g/mol. The van der Waals surface area contributed by atoms with E-state index in [1.807, 2.05) is 42.5 Å². The lowest BCUT2D eigenvalue weighted by Gasteiger charge is -2.06. The second-order valence-corrected chi connectivity index (χ2v) is 5.03. The number of esters is 1. The molecular weight excluding hydrogens is 330 g/mol. The molecule has 0 saturated heterocycles. The van der Waals surface area contributed by atoms with E-state index in [9.17, 15) is 4.79 Å². The second kappa shape index (κ2) is 7.64. The maximum absolute atomic E-state index is 11.9. The Bertz CT molecular complexity index is 638. The van der Waals surface area contributed by atoms with Gasteiger partial charge in [0.1, 0.15) is 6.61 Å². The molecule has 0 amide bonds. The van der Waals surface area contributed by atoms with Crippen LogP contribution in [0.25, 0.3) is 6.08 Å². The summed E-state index contributed by atoms with van der Waals surface area (Å²) in [5.41, 5.74) is 8.77. The highest BCUT2D eigenvalue weighted by Crippen LogP contribution is 2.17. The number of benzene rings is 2. The van der Waals surface area contributed by atoms with Crippen LogP contribution in [0.3, 0.4) is 0 Å². The molecule has 21 heavy (non-hydrogen) atoms. The van der Waals surface area contributed by atoms with Gasteiger partial charge in [0.25, 0.3) is 0 Å². The van der Waals surface area contributed by atoms with Gasteiger partial charge in [-0.15, -0.1) is 0 Å². The highest BCUT2D eigenvalue weighted by Gasteiger charge is 2.10. The van der Waals surface area contributed by atoms with Gasteiger partial charge in [0.05, 0.1) is 5.56 Å². The van der Waals surface area contributed by atoms with Gasteiger partial charge < -0.3 is 10.5 Å². The number of nitrogens with two attached hydrogens (primary N) is 1. The average Bonchev–Trinajstić information content (AvgIpc) is 2.52. The molecule has 2 N–H and O–H groups in total. The molecule has 0 fully saturated rings. The van der Waals surface area contributed by atoms with E-state index in [0.717, 1.165) is 11.1 Å². The summed E-state index contributed by atoms with van der Waals surface area (Å²) in [4.78, 5) is 11.9. The van der Waals surface area contributed by atoms with Crippen LogP contribution in [0.15, 0.2) is 54.6 Å². The third kappa shape index (κ3) is 4.46. The Morgan fingerprint density at radius 1 is 1.19 bits per heavy atom. The number of hydrogen-bond donors (Lipinski definition) is 1. The fourth-order valence-electron chi connectivity index (χ4n) is 1.83. The minimum absolute atomic E-state index is 0.216. The summed E-state index contributed by atoms with van der Waals surface area (Å²) in [6, 6.07) is 15.1. The van der Waals surface area contributed by atoms with Crippen LogP contribution in [0.5, 0.6) is 0 Å². The maximum atomic E-state index is 11.9. The molecule has 0 bridgehead atoms. The van der Waals surface area contributed by atoms with Crippen LogP contribution in [-0.2, 0) is 10.1 Å². The number of carbonyl (C=O) groups excluding carboxylic acids is 1. The predicted octanol–water partition coefficient (Wildman–Crippen LogP) is 4.03. The van der Waals surface area contributed by atoms with Crippen molar-refractivity contribution in [2.45, 2.75) is 5.33 Å². The van der Waals surface area contributed by atoms with Crippen molar-refractivity contribution in [3.8, 4) is 0 Å². The van der Waals surface area contributed by atoms with Crippen LogP contribution < -0.4 is 5.73 Å². The summed E-state index contributed by atoms with van der Waals surface area (Å²) in [6.07, 6.45) is 3.71. The normalized spacial score (nSPS) is 10.7. The van der Waals surface area contributed by atoms with Gasteiger partial charge in [-0.3, -0.25) is 0 Å². The van der Waals surface area contributed by atoms with Gasteiger partial charge in [-0.1, -0.05) is 58.4 Å². The number of ether oxygens (including phenoxy) is 1. The smallest absolute Gasteiger partial charge is 0.340 e. The standard InChI is InChI=1S/C17H16BrNO2/c18-12-14-8-9-15(16(19)11-14)17(20)21-10-4-7-13-5-2-1-3-6-13/h1-9,11H,10,12,19H2/b7-4+. The molecule has 0 aliphatic heterocycles. The molecule has 0 unspecified atom stereocenters. The zero-order valence-electron chi connectivity index (χ0n) is 11.5. The van der Waals surface area contributed by atoms with Crippen molar-refractivity contribution in [3.05, 3.63) is 71.3 Å². The van der Waals surface area contributed by atoms with Gasteiger partial charge in [0, 0.05) is 11.0 Å². The van der Waals surface area contributed by atoms with Crippen molar-refractivity contribution in [1.82, 2.24) is 0 Å². The van der Waals surface area contributed by atoms with E-state index in [-0.39, 0.29) is 6.61 Å². The largest absolute Gasteiger partial charge is 0.458 e. The third-order valence-corrected chi connectivity index (χ3v) is 3.56. The molecule has 0 atom stereocenters. The molecule has 0 saturated carbocycles. The summed E-state index contributed by atoms with van der Waals surface area (Å²) in [6.45, 7) is 0.216. The fourth-order valence-corrected chi connectivity index (χ4v) is 2.18. The van der Waals surface area contributed by atoms with Crippen molar-refractivity contribution >= 4 is 33.7 Å². The Morgan fingerprint density at radius 3 is 2.62 bits per heavy atom. The van der Waals surface area contributed by atoms with Gasteiger partial charge in [0.2, 0.25) is 0 Å². The number of hydrogen-bond acceptors (Lipinski definition) is 3. The van der Waals surface area contributed by atoms with E-state index in [0.29, 0.717) is 16.6 Å². The summed E-state index contributed by atoms with van der Waals surface area (Å²) in [7, 11) is 0. The van der Waals surface area contributed by atoms with Gasteiger partial charge in [-0.25, -0.2) is 4.79 Å². The van der Waals surface area contributed by atoms with Gasteiger partial charge in [0.15, 0.2) is 0 Å². The van der Waals surface area contributed by atoms with E-state index in [4.69, 9.17) is 10.5 Å². The van der Waals surface area contributed by atoms with Crippen molar-refractivity contribution in [2.24, 2.45) is 0 Å². The van der Waals surface area contributed by atoms with Crippen molar-refractivity contribution in [3.63, 3.8) is 0 Å². The quantitative estimate of drug-likeness (QED) is 0.505. The number of carbonyl (C=O) groups is 1. The maximum Gasteiger partial charge on any atom is 0.340 e. The molecule has 4 heteroatoms. The molecule has 3 nitrogen and oxygen atoms in total. The minimum atomic E-state index is -0.411. The van der Waals surface area contributed by atoms with Crippen molar-refractivity contribution < 1.29 is 9.53 Å². The molecule has 0 radical (unpaired) electrons. The summed E-state index contributed by atoms with van der Waals surface area (Å²) in [5.74, 6) is -0.411. The highest BCUT2D eigenvalue weighted by molar-refractivity contribution is 9.08. The lowest BCUT2D eigenvalue weighted by molar-refractivity contribution is 0.0551. The van der Waals surface area contributed by atoms with E-state index in [2.05, 4.69) is 15.9 Å². The van der Waals surface area contributed by atoms with E-state index < -0.39 is 5.97 Å². The van der Waals surface area contributed by atoms with Gasteiger partial charge in [-0.05, 0) is 29.3 Å². The molecule has 2 aromatic carbocycles. The number of nitrogen functional groups attached to an aromatic ring is 1. The van der Waals surface area contributed by atoms with Crippen LogP contribution in [0, 0.1) is 0 Å².